The first-order valence-electron chi connectivity index (χ1n) is 5.21. The van der Waals surface area contributed by atoms with Crippen molar-refractivity contribution in [2.24, 2.45) is 0 Å². The van der Waals surface area contributed by atoms with Gasteiger partial charge in [-0.3, -0.25) is 0 Å². The molecule has 0 unspecified atom stereocenters. The molecule has 1 fully saturated rings. The molecule has 78 valence electrons. The van der Waals surface area contributed by atoms with Crippen LogP contribution in [0, 0.1) is 0 Å². The second-order valence-electron chi connectivity index (χ2n) is 4.00. The number of nitrogens with zero attached hydrogens (tertiary/aromatic N) is 4. The Bertz CT molecular complexity index is 487. The van der Waals surface area contributed by atoms with Crippen molar-refractivity contribution in [2.45, 2.75) is 31.6 Å². The monoisotopic (exact) mass is 266 g/mol. The molecule has 1 aliphatic rings. The first kappa shape index (κ1) is 9.27. The highest BCUT2D eigenvalue weighted by atomic mass is 79.9. The van der Waals surface area contributed by atoms with E-state index in [1.165, 1.54) is 25.7 Å². The molecule has 0 N–H and O–H groups in total. The van der Waals surface area contributed by atoms with Crippen LogP contribution in [0.3, 0.4) is 0 Å². The topological polar surface area (TPSA) is 43.1 Å². The molecule has 0 radical (unpaired) electrons. The average Bonchev–Trinajstić information content (AvgIpc) is 2.82. The van der Waals surface area contributed by atoms with Crippen molar-refractivity contribution in [3.05, 3.63) is 22.6 Å². The molecule has 4 nitrogen and oxygen atoms in total. The highest BCUT2D eigenvalue weighted by Gasteiger charge is 2.22. The van der Waals surface area contributed by atoms with E-state index in [0.717, 1.165) is 15.8 Å². The van der Waals surface area contributed by atoms with Crippen LogP contribution in [0.4, 0.5) is 0 Å². The molecule has 0 aliphatic heterocycles. The fourth-order valence-corrected chi connectivity index (χ4v) is 2.55. The van der Waals surface area contributed by atoms with Gasteiger partial charge in [-0.15, -0.1) is 5.10 Å². The van der Waals surface area contributed by atoms with E-state index >= 15 is 0 Å². The van der Waals surface area contributed by atoms with Crippen LogP contribution >= 0.6 is 15.9 Å². The van der Waals surface area contributed by atoms with Gasteiger partial charge in [-0.2, -0.15) is 0 Å². The van der Waals surface area contributed by atoms with Crippen molar-refractivity contribution in [1.82, 2.24) is 19.8 Å². The number of fused-ring (bicyclic) bond motifs is 1. The molecular weight excluding hydrogens is 256 g/mol. The third kappa shape index (κ3) is 1.55. The van der Waals surface area contributed by atoms with Crippen LogP contribution in [0.2, 0.25) is 0 Å². The number of halogens is 1. The molecule has 0 amide bonds. The molecule has 2 aromatic rings. The highest BCUT2D eigenvalue weighted by Crippen LogP contribution is 2.34. The lowest BCUT2D eigenvalue weighted by atomic mass is 10.1. The Balaban J connectivity index is 2.11. The van der Waals surface area contributed by atoms with E-state index in [2.05, 4.69) is 31.2 Å². The zero-order valence-corrected chi connectivity index (χ0v) is 9.81. The van der Waals surface area contributed by atoms with Crippen LogP contribution < -0.4 is 0 Å². The predicted molar refractivity (Wildman–Crippen MR) is 59.7 cm³/mol. The van der Waals surface area contributed by atoms with Gasteiger partial charge in [-0.25, -0.2) is 9.50 Å². The largest absolute Gasteiger partial charge is 0.234 e. The van der Waals surface area contributed by atoms with Gasteiger partial charge in [0, 0.05) is 18.3 Å². The van der Waals surface area contributed by atoms with E-state index < -0.39 is 0 Å². The summed E-state index contributed by atoms with van der Waals surface area (Å²) in [4.78, 5) is 4.38. The van der Waals surface area contributed by atoms with Crippen molar-refractivity contribution >= 4 is 21.6 Å². The minimum absolute atomic E-state index is 0.566. The van der Waals surface area contributed by atoms with E-state index in [1.54, 1.807) is 10.7 Å². The molecule has 2 heterocycles. The fraction of sp³-hybridized carbons (Fsp3) is 0.500. The molecule has 0 spiro atoms. The maximum atomic E-state index is 4.38. The van der Waals surface area contributed by atoms with Gasteiger partial charge < -0.3 is 0 Å². The Morgan fingerprint density at radius 3 is 2.93 bits per heavy atom. The van der Waals surface area contributed by atoms with Crippen LogP contribution in [0.25, 0.3) is 5.65 Å². The fourth-order valence-electron chi connectivity index (χ4n) is 2.25. The van der Waals surface area contributed by atoms with Gasteiger partial charge in [0.25, 0.3) is 0 Å². The molecule has 1 saturated carbocycles. The Labute approximate surface area is 95.8 Å². The smallest absolute Gasteiger partial charge is 0.179 e. The Kier molecular flexibility index (Phi) is 2.20. The maximum Gasteiger partial charge on any atom is 0.179 e. The van der Waals surface area contributed by atoms with Crippen molar-refractivity contribution in [2.75, 3.05) is 0 Å². The summed E-state index contributed by atoms with van der Waals surface area (Å²) in [5, 5.41) is 8.35. The normalized spacial score (nSPS) is 17.7. The molecule has 0 bridgehead atoms. The molecule has 0 atom stereocenters. The summed E-state index contributed by atoms with van der Waals surface area (Å²) in [5.41, 5.74) is 1.98. The summed E-state index contributed by atoms with van der Waals surface area (Å²) < 4.78 is 2.68. The molecule has 1 aliphatic carbocycles. The summed E-state index contributed by atoms with van der Waals surface area (Å²) in [7, 11) is 0. The van der Waals surface area contributed by atoms with Crippen LogP contribution in [-0.2, 0) is 0 Å². The van der Waals surface area contributed by atoms with Crippen LogP contribution in [0.5, 0.6) is 0 Å². The molecular formula is C10H11BrN4. The zero-order valence-electron chi connectivity index (χ0n) is 8.23. The second kappa shape index (κ2) is 3.56. The van der Waals surface area contributed by atoms with E-state index in [1.807, 2.05) is 6.20 Å². The van der Waals surface area contributed by atoms with Crippen molar-refractivity contribution in [3.8, 4) is 0 Å². The third-order valence-electron chi connectivity index (χ3n) is 2.99. The van der Waals surface area contributed by atoms with E-state index in [4.69, 9.17) is 0 Å². The lowest BCUT2D eigenvalue weighted by Gasteiger charge is -2.03. The average molecular weight is 267 g/mol. The number of aromatic nitrogens is 4. The Morgan fingerprint density at radius 2 is 2.13 bits per heavy atom. The quantitative estimate of drug-likeness (QED) is 0.797. The summed E-state index contributed by atoms with van der Waals surface area (Å²) >= 11 is 3.37. The first-order chi connectivity index (χ1) is 7.34. The number of hydrogen-bond acceptors (Lipinski definition) is 3. The van der Waals surface area contributed by atoms with E-state index in [0.29, 0.717) is 5.92 Å². The second-order valence-corrected chi connectivity index (χ2v) is 4.91. The summed E-state index contributed by atoms with van der Waals surface area (Å²) in [5.74, 6) is 0.566. The minimum atomic E-state index is 0.566. The lowest BCUT2D eigenvalue weighted by molar-refractivity contribution is 0.693. The maximum absolute atomic E-state index is 4.38. The van der Waals surface area contributed by atoms with Crippen LogP contribution in [-0.4, -0.2) is 19.8 Å². The van der Waals surface area contributed by atoms with Gasteiger partial charge in [-0.05, 0) is 28.8 Å². The van der Waals surface area contributed by atoms with Crippen molar-refractivity contribution < 1.29 is 0 Å². The number of rotatable bonds is 1. The molecule has 15 heavy (non-hydrogen) atoms. The molecule has 5 heteroatoms. The summed E-state index contributed by atoms with van der Waals surface area (Å²) in [6.07, 6.45) is 8.77. The van der Waals surface area contributed by atoms with Crippen LogP contribution in [0.15, 0.2) is 16.9 Å². The predicted octanol–water partition coefficient (Wildman–Crippen LogP) is 2.54. The van der Waals surface area contributed by atoms with Gasteiger partial charge in [-0.1, -0.05) is 18.1 Å². The number of hydrogen-bond donors (Lipinski definition) is 0. The Morgan fingerprint density at radius 1 is 1.33 bits per heavy atom. The van der Waals surface area contributed by atoms with E-state index in [9.17, 15) is 0 Å². The lowest BCUT2D eigenvalue weighted by Crippen LogP contribution is -1.95. The summed E-state index contributed by atoms with van der Waals surface area (Å²) in [6.45, 7) is 0. The minimum Gasteiger partial charge on any atom is -0.234 e. The molecule has 2 aromatic heterocycles. The van der Waals surface area contributed by atoms with E-state index in [-0.39, 0.29) is 0 Å². The van der Waals surface area contributed by atoms with Gasteiger partial charge in [0.1, 0.15) is 5.69 Å². The van der Waals surface area contributed by atoms with Crippen LogP contribution in [0.1, 0.15) is 37.3 Å². The van der Waals surface area contributed by atoms with Gasteiger partial charge in [0.2, 0.25) is 0 Å². The van der Waals surface area contributed by atoms with Gasteiger partial charge in [0.05, 0.1) is 4.47 Å². The SMILES string of the molecule is Brc1cnc2c(C3CCCC3)nnn2c1. The van der Waals surface area contributed by atoms with Gasteiger partial charge >= 0.3 is 0 Å². The first-order valence-corrected chi connectivity index (χ1v) is 6.00. The molecule has 3 rings (SSSR count). The molecule has 0 saturated heterocycles. The van der Waals surface area contributed by atoms with Crippen molar-refractivity contribution in [1.29, 1.82) is 0 Å². The zero-order chi connectivity index (χ0) is 10.3. The Hall–Kier alpha value is -0.970. The highest BCUT2D eigenvalue weighted by molar-refractivity contribution is 9.10. The standard InChI is InChI=1S/C10H11BrN4/c11-8-5-12-10-9(7-3-1-2-4-7)13-14-15(10)6-8/h5-7H,1-4H2. The third-order valence-corrected chi connectivity index (χ3v) is 3.40. The van der Waals surface area contributed by atoms with Crippen molar-refractivity contribution in [3.63, 3.8) is 0 Å². The molecule has 0 aromatic carbocycles. The van der Waals surface area contributed by atoms with Gasteiger partial charge in [0.15, 0.2) is 5.65 Å². The summed E-state index contributed by atoms with van der Waals surface area (Å²) in [6, 6.07) is 0.